The second kappa shape index (κ2) is 10.4. The third-order valence-corrected chi connectivity index (χ3v) is 6.23. The van der Waals surface area contributed by atoms with Gasteiger partial charge >= 0.3 is 6.18 Å². The van der Waals surface area contributed by atoms with Gasteiger partial charge in [0.25, 0.3) is 0 Å². The Morgan fingerprint density at radius 2 is 1.70 bits per heavy atom. The van der Waals surface area contributed by atoms with Gasteiger partial charge in [-0.15, -0.1) is 0 Å². The summed E-state index contributed by atoms with van der Waals surface area (Å²) in [4.78, 5) is 2.00. The van der Waals surface area contributed by atoms with E-state index >= 15 is 0 Å². The van der Waals surface area contributed by atoms with Gasteiger partial charge in [-0.1, -0.05) is 30.3 Å². The molecule has 1 aromatic heterocycles. The van der Waals surface area contributed by atoms with Crippen LogP contribution >= 0.6 is 0 Å². The number of fused-ring (bicyclic) bond motifs is 3. The number of anilines is 1. The number of hydrogen-bond acceptors (Lipinski definition) is 3. The normalized spacial score (nSPS) is 16.6. The molecule has 0 fully saturated rings. The third-order valence-electron chi connectivity index (χ3n) is 6.23. The highest BCUT2D eigenvalue weighted by atomic mass is 19.4. The van der Waals surface area contributed by atoms with Crippen molar-refractivity contribution in [2.45, 2.75) is 44.5 Å². The lowest BCUT2D eigenvalue weighted by Gasteiger charge is -2.29. The first kappa shape index (κ1) is 23.4. The zero-order valence-corrected chi connectivity index (χ0v) is 18.6. The van der Waals surface area contributed by atoms with E-state index in [9.17, 15) is 18.3 Å². The lowest BCUT2D eigenvalue weighted by Crippen LogP contribution is -2.38. The van der Waals surface area contributed by atoms with E-state index in [0.29, 0.717) is 13.1 Å². The SMILES string of the molecule is OC(CCc1ccccc1C(F)(F)F)N1CCCNc2ccccc2-n2cccc2CCC1. The Labute approximate surface area is 192 Å². The molecule has 1 aliphatic heterocycles. The molecule has 1 atom stereocenters. The Balaban J connectivity index is 1.44. The van der Waals surface area contributed by atoms with Gasteiger partial charge < -0.3 is 15.0 Å². The number of rotatable bonds is 4. The first-order chi connectivity index (χ1) is 15.9. The minimum absolute atomic E-state index is 0.182. The summed E-state index contributed by atoms with van der Waals surface area (Å²) < 4.78 is 42.1. The van der Waals surface area contributed by atoms with Crippen LogP contribution < -0.4 is 5.32 Å². The van der Waals surface area contributed by atoms with Crippen molar-refractivity contribution in [1.82, 2.24) is 9.47 Å². The van der Waals surface area contributed by atoms with Gasteiger partial charge in [0, 0.05) is 31.5 Å². The molecule has 2 aromatic carbocycles. The second-order valence-electron chi connectivity index (χ2n) is 8.48. The zero-order valence-electron chi connectivity index (χ0n) is 18.6. The Kier molecular flexibility index (Phi) is 7.40. The lowest BCUT2D eigenvalue weighted by atomic mass is 10.0. The van der Waals surface area contributed by atoms with Crippen molar-refractivity contribution in [3.05, 3.63) is 83.7 Å². The molecule has 176 valence electrons. The van der Waals surface area contributed by atoms with E-state index in [1.807, 2.05) is 23.1 Å². The van der Waals surface area contributed by atoms with Crippen molar-refractivity contribution >= 4 is 5.69 Å². The highest BCUT2D eigenvalue weighted by Crippen LogP contribution is 2.32. The molecule has 1 aliphatic rings. The average molecular weight is 458 g/mol. The van der Waals surface area contributed by atoms with Crippen LogP contribution in [0.1, 0.15) is 36.1 Å². The van der Waals surface area contributed by atoms with Crippen molar-refractivity contribution in [2.75, 3.05) is 25.0 Å². The molecular weight excluding hydrogens is 427 g/mol. The van der Waals surface area contributed by atoms with Crippen molar-refractivity contribution in [2.24, 2.45) is 0 Å². The quantitative estimate of drug-likeness (QED) is 0.544. The van der Waals surface area contributed by atoms with Crippen LogP contribution in [0.4, 0.5) is 18.9 Å². The van der Waals surface area contributed by atoms with Gasteiger partial charge in [-0.25, -0.2) is 0 Å². The number of aromatic nitrogens is 1. The maximum atomic E-state index is 13.3. The minimum Gasteiger partial charge on any atom is -0.383 e. The van der Waals surface area contributed by atoms with E-state index in [4.69, 9.17) is 0 Å². The molecule has 2 N–H and O–H groups in total. The predicted molar refractivity (Wildman–Crippen MR) is 125 cm³/mol. The number of aliphatic hydroxyl groups excluding tert-OH is 1. The molecule has 0 bridgehead atoms. The lowest BCUT2D eigenvalue weighted by molar-refractivity contribution is -0.138. The molecule has 0 saturated heterocycles. The van der Waals surface area contributed by atoms with Crippen molar-refractivity contribution in [3.63, 3.8) is 0 Å². The summed E-state index contributed by atoms with van der Waals surface area (Å²) in [5, 5.41) is 14.4. The number of aryl methyl sites for hydroxylation is 2. The number of nitrogens with zero attached hydrogens (tertiary/aromatic N) is 2. The van der Waals surface area contributed by atoms with Gasteiger partial charge in [-0.3, -0.25) is 4.90 Å². The fraction of sp³-hybridized carbons (Fsp3) is 0.385. The van der Waals surface area contributed by atoms with Gasteiger partial charge in [-0.05, 0) is 68.0 Å². The average Bonchev–Trinajstić information content (AvgIpc) is 3.26. The second-order valence-corrected chi connectivity index (χ2v) is 8.48. The van der Waals surface area contributed by atoms with Crippen molar-refractivity contribution < 1.29 is 18.3 Å². The summed E-state index contributed by atoms with van der Waals surface area (Å²) >= 11 is 0. The Morgan fingerprint density at radius 1 is 0.939 bits per heavy atom. The number of benzene rings is 2. The molecule has 0 saturated carbocycles. The van der Waals surface area contributed by atoms with Crippen LogP contribution in [0.5, 0.6) is 0 Å². The number of hydrogen-bond donors (Lipinski definition) is 2. The molecule has 7 heteroatoms. The Morgan fingerprint density at radius 3 is 2.55 bits per heavy atom. The summed E-state index contributed by atoms with van der Waals surface area (Å²) in [6.07, 6.45) is -0.131. The fourth-order valence-electron chi connectivity index (χ4n) is 4.55. The maximum Gasteiger partial charge on any atom is 0.416 e. The third kappa shape index (κ3) is 5.78. The van der Waals surface area contributed by atoms with Crippen LogP contribution in [-0.2, 0) is 19.0 Å². The summed E-state index contributed by atoms with van der Waals surface area (Å²) in [6, 6.07) is 18.0. The molecular formula is C26H30F3N3O. The van der Waals surface area contributed by atoms with Gasteiger partial charge in [-0.2, -0.15) is 13.2 Å². The van der Waals surface area contributed by atoms with Crippen LogP contribution in [0.3, 0.4) is 0 Å². The van der Waals surface area contributed by atoms with E-state index in [1.165, 1.54) is 17.8 Å². The number of aliphatic hydroxyl groups is 1. The summed E-state index contributed by atoms with van der Waals surface area (Å²) in [5.41, 5.74) is 2.99. The minimum atomic E-state index is -4.38. The molecule has 4 rings (SSSR count). The molecule has 1 unspecified atom stereocenters. The van der Waals surface area contributed by atoms with Crippen molar-refractivity contribution in [1.29, 1.82) is 0 Å². The molecule has 2 heterocycles. The maximum absolute atomic E-state index is 13.3. The van der Waals surface area contributed by atoms with E-state index in [2.05, 4.69) is 34.3 Å². The van der Waals surface area contributed by atoms with Crippen LogP contribution in [0.2, 0.25) is 0 Å². The molecule has 4 nitrogen and oxygen atoms in total. The van der Waals surface area contributed by atoms with Gasteiger partial charge in [0.15, 0.2) is 0 Å². The molecule has 0 aliphatic carbocycles. The van der Waals surface area contributed by atoms with E-state index in [1.54, 1.807) is 6.07 Å². The van der Waals surface area contributed by atoms with Gasteiger partial charge in [0.1, 0.15) is 6.23 Å². The largest absolute Gasteiger partial charge is 0.416 e. The monoisotopic (exact) mass is 457 g/mol. The molecule has 0 amide bonds. The summed E-state index contributed by atoms with van der Waals surface area (Å²) in [6.45, 7) is 2.11. The molecule has 0 radical (unpaired) electrons. The highest BCUT2D eigenvalue weighted by molar-refractivity contribution is 5.61. The topological polar surface area (TPSA) is 40.4 Å². The zero-order chi connectivity index (χ0) is 23.3. The number of para-hydroxylation sites is 2. The molecule has 0 spiro atoms. The Hall–Kier alpha value is -2.77. The Bertz CT molecular complexity index is 1050. The number of halogens is 3. The smallest absolute Gasteiger partial charge is 0.383 e. The summed E-state index contributed by atoms with van der Waals surface area (Å²) in [7, 11) is 0. The fourth-order valence-corrected chi connectivity index (χ4v) is 4.55. The molecule has 3 aromatic rings. The van der Waals surface area contributed by atoms with Gasteiger partial charge in [0.05, 0.1) is 16.9 Å². The first-order valence-corrected chi connectivity index (χ1v) is 11.5. The van der Waals surface area contributed by atoms with Crippen molar-refractivity contribution in [3.8, 4) is 5.69 Å². The standard InChI is InChI=1S/C26H30F3N3O/c27-26(28,29)22-11-2-1-8-20(22)14-15-25(33)31-17-5-9-21-10-6-19-32(21)24-13-4-3-12-23(24)30-16-7-18-31/h1-4,6,8,10-13,19,25,30,33H,5,7,9,14-18H2. The van der Waals surface area contributed by atoms with Crippen LogP contribution in [0.25, 0.3) is 5.69 Å². The highest BCUT2D eigenvalue weighted by Gasteiger charge is 2.33. The van der Waals surface area contributed by atoms with Gasteiger partial charge in [0.2, 0.25) is 0 Å². The van der Waals surface area contributed by atoms with E-state index < -0.39 is 18.0 Å². The van der Waals surface area contributed by atoms with E-state index in [0.717, 1.165) is 43.2 Å². The van der Waals surface area contributed by atoms with Crippen LogP contribution in [0, 0.1) is 0 Å². The number of nitrogens with one attached hydrogen (secondary N) is 1. The number of alkyl halides is 3. The van der Waals surface area contributed by atoms with Crippen LogP contribution in [0.15, 0.2) is 66.9 Å². The first-order valence-electron chi connectivity index (χ1n) is 11.5. The predicted octanol–water partition coefficient (Wildman–Crippen LogP) is 5.50. The summed E-state index contributed by atoms with van der Waals surface area (Å²) in [5.74, 6) is 0. The molecule has 33 heavy (non-hydrogen) atoms. The van der Waals surface area contributed by atoms with E-state index in [-0.39, 0.29) is 18.4 Å². The van der Waals surface area contributed by atoms with Crippen LogP contribution in [-0.4, -0.2) is 40.4 Å².